The number of ether oxygens (including phenoxy) is 2. The Morgan fingerprint density at radius 1 is 1.07 bits per heavy atom. The van der Waals surface area contributed by atoms with Crippen LogP contribution in [0.15, 0.2) is 42.5 Å². The summed E-state index contributed by atoms with van der Waals surface area (Å²) < 4.78 is 38.2. The molecular formula is C24H31F2O3P. The van der Waals surface area contributed by atoms with Crippen molar-refractivity contribution >= 4 is 8.15 Å². The van der Waals surface area contributed by atoms with Crippen LogP contribution in [0.4, 0.5) is 8.78 Å². The fraction of sp³-hybridized carbons (Fsp3) is 0.500. The van der Waals surface area contributed by atoms with E-state index in [1.165, 1.54) is 11.6 Å². The van der Waals surface area contributed by atoms with E-state index in [1.807, 2.05) is 18.8 Å². The van der Waals surface area contributed by atoms with Crippen LogP contribution in [0.3, 0.4) is 0 Å². The van der Waals surface area contributed by atoms with Gasteiger partial charge in [-0.15, -0.1) is 0 Å². The summed E-state index contributed by atoms with van der Waals surface area (Å²) in [5, 5.41) is 0. The van der Waals surface area contributed by atoms with Gasteiger partial charge in [-0.3, -0.25) is 0 Å². The van der Waals surface area contributed by atoms with Crippen molar-refractivity contribution in [3.05, 3.63) is 59.2 Å². The lowest BCUT2D eigenvalue weighted by Crippen LogP contribution is -2.20. The van der Waals surface area contributed by atoms with E-state index in [-0.39, 0.29) is 11.5 Å². The number of aryl methyl sites for hydroxylation is 1. The van der Waals surface area contributed by atoms with Crippen molar-refractivity contribution in [3.63, 3.8) is 0 Å². The molecule has 1 aliphatic carbocycles. The molecule has 6 heteroatoms. The monoisotopic (exact) mass is 436 g/mol. The second-order valence-electron chi connectivity index (χ2n) is 8.10. The fourth-order valence-corrected chi connectivity index (χ4v) is 4.75. The molecule has 0 heterocycles. The lowest BCUT2D eigenvalue weighted by atomic mass is 9.77. The molecule has 0 spiro atoms. The van der Waals surface area contributed by atoms with E-state index >= 15 is 0 Å². The Kier molecular flexibility index (Phi) is 8.47. The van der Waals surface area contributed by atoms with Gasteiger partial charge in [-0.25, -0.2) is 8.78 Å². The van der Waals surface area contributed by atoms with Crippen LogP contribution in [-0.2, 0) is 6.42 Å². The van der Waals surface area contributed by atoms with Gasteiger partial charge in [0.2, 0.25) is 0 Å². The average Bonchev–Trinajstić information content (AvgIpc) is 2.76. The highest BCUT2D eigenvalue weighted by atomic mass is 31.1. The number of rotatable bonds is 9. The molecule has 0 aromatic heterocycles. The smallest absolute Gasteiger partial charge is 0.264 e. The second kappa shape index (κ2) is 11.1. The maximum absolute atomic E-state index is 13.5. The van der Waals surface area contributed by atoms with Crippen molar-refractivity contribution in [2.75, 3.05) is 26.5 Å². The van der Waals surface area contributed by atoms with Crippen LogP contribution >= 0.6 is 8.15 Å². The molecule has 0 radical (unpaired) electrons. The van der Waals surface area contributed by atoms with Crippen molar-refractivity contribution in [2.24, 2.45) is 5.92 Å². The van der Waals surface area contributed by atoms with Gasteiger partial charge in [-0.2, -0.15) is 0 Å². The standard InChI is InChI=1S/C24H31F2O3P/c1-28-20-10-11-22(24(25)26)23(15-20)19-8-6-18(7-9-19)16-29-21-5-3-4-17(14-21)12-13-30(2)27/h3-5,10-11,14-15,18-19,24,27H,6-9,12-13,16H2,1-2H3. The Bertz CT molecular complexity index is 805. The summed E-state index contributed by atoms with van der Waals surface area (Å²) in [4.78, 5) is 9.52. The van der Waals surface area contributed by atoms with Gasteiger partial charge < -0.3 is 14.4 Å². The van der Waals surface area contributed by atoms with E-state index in [1.54, 1.807) is 19.2 Å². The minimum Gasteiger partial charge on any atom is -0.497 e. The van der Waals surface area contributed by atoms with E-state index < -0.39 is 14.6 Å². The molecule has 3 rings (SSSR count). The van der Waals surface area contributed by atoms with Gasteiger partial charge in [0.25, 0.3) is 6.43 Å². The quantitative estimate of drug-likeness (QED) is 0.453. The van der Waals surface area contributed by atoms with Gasteiger partial charge in [0.05, 0.1) is 13.7 Å². The predicted octanol–water partition coefficient (Wildman–Crippen LogP) is 6.55. The molecular weight excluding hydrogens is 405 g/mol. The van der Waals surface area contributed by atoms with E-state index in [2.05, 4.69) is 12.1 Å². The molecule has 2 aromatic carbocycles. The van der Waals surface area contributed by atoms with Crippen LogP contribution < -0.4 is 9.47 Å². The Morgan fingerprint density at radius 2 is 1.83 bits per heavy atom. The lowest BCUT2D eigenvalue weighted by molar-refractivity contribution is 0.148. The SMILES string of the molecule is COc1ccc(C(F)F)c(C2CCC(COc3cccc(CCP(C)O)c3)CC2)c1. The van der Waals surface area contributed by atoms with E-state index in [0.717, 1.165) is 49.6 Å². The molecule has 1 unspecified atom stereocenters. The van der Waals surface area contributed by atoms with E-state index in [4.69, 9.17) is 9.47 Å². The van der Waals surface area contributed by atoms with Crippen LogP contribution in [0.1, 0.15) is 54.7 Å². The van der Waals surface area contributed by atoms with Crippen LogP contribution in [0, 0.1) is 5.92 Å². The summed E-state index contributed by atoms with van der Waals surface area (Å²) in [7, 11) is 0.684. The van der Waals surface area contributed by atoms with Gasteiger partial charge in [0.1, 0.15) is 11.5 Å². The highest BCUT2D eigenvalue weighted by molar-refractivity contribution is 7.50. The molecule has 0 bridgehead atoms. The summed E-state index contributed by atoms with van der Waals surface area (Å²) in [6, 6.07) is 13.0. The molecule has 164 valence electrons. The third-order valence-electron chi connectivity index (χ3n) is 5.92. The zero-order valence-corrected chi connectivity index (χ0v) is 18.6. The second-order valence-corrected chi connectivity index (χ2v) is 9.87. The molecule has 1 fully saturated rings. The van der Waals surface area contributed by atoms with Crippen LogP contribution in [0.2, 0.25) is 0 Å². The van der Waals surface area contributed by atoms with E-state index in [9.17, 15) is 13.7 Å². The molecule has 30 heavy (non-hydrogen) atoms. The minimum atomic E-state index is -2.46. The van der Waals surface area contributed by atoms with Crippen molar-refractivity contribution in [2.45, 2.75) is 44.4 Å². The first kappa shape index (κ1) is 23.0. The van der Waals surface area contributed by atoms with Crippen LogP contribution in [0.25, 0.3) is 0 Å². The third-order valence-corrected chi connectivity index (χ3v) is 6.79. The first-order valence-corrected chi connectivity index (χ1v) is 12.5. The molecule has 0 amide bonds. The number of hydrogen-bond donors (Lipinski definition) is 1. The largest absolute Gasteiger partial charge is 0.497 e. The molecule has 1 saturated carbocycles. The van der Waals surface area contributed by atoms with Gasteiger partial charge in [0, 0.05) is 13.7 Å². The first-order valence-electron chi connectivity index (χ1n) is 10.5. The lowest BCUT2D eigenvalue weighted by Gasteiger charge is -2.30. The molecule has 3 nitrogen and oxygen atoms in total. The molecule has 2 aromatic rings. The number of methoxy groups -OCH3 is 1. The van der Waals surface area contributed by atoms with Crippen LogP contribution in [0.5, 0.6) is 11.5 Å². The normalized spacial score (nSPS) is 20.2. The minimum absolute atomic E-state index is 0.131. The van der Waals surface area contributed by atoms with Crippen molar-refractivity contribution in [1.82, 2.24) is 0 Å². The Labute approximate surface area is 179 Å². The summed E-state index contributed by atoms with van der Waals surface area (Å²) in [6.07, 6.45) is 2.90. The maximum atomic E-state index is 13.5. The Hall–Kier alpha value is -1.71. The Morgan fingerprint density at radius 3 is 2.50 bits per heavy atom. The molecule has 1 aliphatic rings. The number of halogens is 2. The summed E-state index contributed by atoms with van der Waals surface area (Å²) >= 11 is 0. The average molecular weight is 436 g/mol. The van der Waals surface area contributed by atoms with Gasteiger partial charge in [-0.1, -0.05) is 12.1 Å². The molecule has 1 N–H and O–H groups in total. The van der Waals surface area contributed by atoms with Gasteiger partial charge in [-0.05, 0) is 98.2 Å². The first-order chi connectivity index (χ1) is 14.5. The highest BCUT2D eigenvalue weighted by Gasteiger charge is 2.27. The zero-order valence-electron chi connectivity index (χ0n) is 17.7. The number of benzene rings is 2. The third kappa shape index (κ3) is 6.39. The Balaban J connectivity index is 1.54. The van der Waals surface area contributed by atoms with E-state index in [0.29, 0.717) is 18.3 Å². The molecule has 1 atom stereocenters. The van der Waals surface area contributed by atoms with Crippen molar-refractivity contribution in [1.29, 1.82) is 0 Å². The number of hydrogen-bond acceptors (Lipinski definition) is 3. The maximum Gasteiger partial charge on any atom is 0.264 e. The van der Waals surface area contributed by atoms with Crippen LogP contribution in [-0.4, -0.2) is 31.4 Å². The predicted molar refractivity (Wildman–Crippen MR) is 118 cm³/mol. The van der Waals surface area contributed by atoms with Gasteiger partial charge in [0.15, 0.2) is 0 Å². The number of alkyl halides is 2. The molecule has 0 saturated heterocycles. The highest BCUT2D eigenvalue weighted by Crippen LogP contribution is 2.41. The zero-order chi connectivity index (χ0) is 21.5. The summed E-state index contributed by atoms with van der Waals surface area (Å²) in [6.45, 7) is 2.51. The summed E-state index contributed by atoms with van der Waals surface area (Å²) in [5.74, 6) is 2.08. The van der Waals surface area contributed by atoms with Gasteiger partial charge >= 0.3 is 0 Å². The fourth-order valence-electron chi connectivity index (χ4n) is 4.17. The van der Waals surface area contributed by atoms with Crippen molar-refractivity contribution in [3.8, 4) is 11.5 Å². The summed E-state index contributed by atoms with van der Waals surface area (Å²) in [5.41, 5.74) is 2.04. The topological polar surface area (TPSA) is 38.7 Å². The van der Waals surface area contributed by atoms with Crippen molar-refractivity contribution < 1.29 is 23.1 Å². The molecule has 0 aliphatic heterocycles.